The number of nitrogens with one attached hydrogen (secondary N) is 2. The summed E-state index contributed by atoms with van der Waals surface area (Å²) in [5.74, 6) is -0.564. The van der Waals surface area contributed by atoms with Crippen LogP contribution in [-0.4, -0.2) is 57.5 Å². The maximum absolute atomic E-state index is 12.0. The van der Waals surface area contributed by atoms with Crippen molar-refractivity contribution in [2.75, 3.05) is 7.05 Å². The topological polar surface area (TPSA) is 198 Å². The number of nitrogens with zero attached hydrogens (tertiary/aromatic N) is 4. The molecule has 0 amide bonds. The van der Waals surface area contributed by atoms with Crippen LogP contribution in [0, 0.1) is 37.0 Å². The predicted molar refractivity (Wildman–Crippen MR) is 274 cm³/mol. The molecule has 14 nitrogen and oxygen atoms in total. The zero-order valence-corrected chi connectivity index (χ0v) is 42.3. The van der Waals surface area contributed by atoms with Gasteiger partial charge >= 0.3 is 11.9 Å². The number of ether oxygens (including phenoxy) is 4. The van der Waals surface area contributed by atoms with Crippen molar-refractivity contribution < 1.29 is 38.7 Å². The quantitative estimate of drug-likeness (QED) is 0.0418. The molecule has 0 fully saturated rings. The van der Waals surface area contributed by atoms with Gasteiger partial charge in [-0.2, -0.15) is 5.26 Å². The molecule has 2 unspecified atom stereocenters. The van der Waals surface area contributed by atoms with Crippen LogP contribution < -0.4 is 29.6 Å². The Morgan fingerprint density at radius 3 is 1.54 bits per heavy atom. The van der Waals surface area contributed by atoms with Crippen LogP contribution in [0.2, 0.25) is 10.0 Å². The average Bonchev–Trinajstić information content (AvgIpc) is 3.33. The van der Waals surface area contributed by atoms with E-state index in [1.165, 1.54) is 6.20 Å². The summed E-state index contributed by atoms with van der Waals surface area (Å²) in [6, 6.07) is 23.1. The van der Waals surface area contributed by atoms with Crippen molar-refractivity contribution in [3.05, 3.63) is 163 Å². The molecular weight excluding hydrogens is 944 g/mol. The molecule has 0 radical (unpaired) electrons. The summed E-state index contributed by atoms with van der Waals surface area (Å²) in [7, 11) is 1.69. The van der Waals surface area contributed by atoms with Crippen LogP contribution in [0.1, 0.15) is 83.3 Å². The number of carboxylic acids is 2. The number of nitriles is 1. The highest BCUT2D eigenvalue weighted by Crippen LogP contribution is 2.38. The molecular formula is C55H58Cl2N6O8. The van der Waals surface area contributed by atoms with Gasteiger partial charge in [-0.25, -0.2) is 0 Å². The summed E-state index contributed by atoms with van der Waals surface area (Å²) in [5, 5.41) is 35.9. The number of carboxylic acid groups (broad SMARTS) is 2. The summed E-state index contributed by atoms with van der Waals surface area (Å²) in [5.41, 5.74) is 9.90. The Bertz CT molecular complexity index is 2920. The van der Waals surface area contributed by atoms with E-state index in [1.807, 2.05) is 71.9 Å². The van der Waals surface area contributed by atoms with Crippen LogP contribution in [0.4, 0.5) is 0 Å². The number of aliphatic imine (C=N–C) groups is 1. The Labute approximate surface area is 424 Å². The fourth-order valence-corrected chi connectivity index (χ4v) is 8.39. The van der Waals surface area contributed by atoms with Crippen LogP contribution >= 0.6 is 23.2 Å². The zero-order chi connectivity index (χ0) is 51.2. The SMILES string of the molecule is C/N=C/c1cncc(COc2cc(OCc3cccc(-c4cccc(COc5cc(OCc6cncc(C#N)c6)c(CNC(C(=O)O)C(C)C)cc5Cl)c4C)c3C)c(Cl)cc2CNC(C(=O)O)C(C)C)c1. The molecule has 370 valence electrons. The number of carbonyl (C=O) groups is 2. The summed E-state index contributed by atoms with van der Waals surface area (Å²) in [6.07, 6.45) is 8.22. The molecule has 0 aliphatic carbocycles. The highest BCUT2D eigenvalue weighted by molar-refractivity contribution is 6.32. The zero-order valence-electron chi connectivity index (χ0n) is 40.8. The molecule has 4 aromatic carbocycles. The van der Waals surface area contributed by atoms with E-state index in [-0.39, 0.29) is 51.4 Å². The summed E-state index contributed by atoms with van der Waals surface area (Å²) in [4.78, 5) is 36.5. The first-order chi connectivity index (χ1) is 34.1. The fraction of sp³-hybridized carbons (Fsp3) is 0.309. The number of aromatic nitrogens is 2. The molecule has 0 spiro atoms. The molecule has 71 heavy (non-hydrogen) atoms. The highest BCUT2D eigenvalue weighted by atomic mass is 35.5. The minimum atomic E-state index is -0.964. The normalized spacial score (nSPS) is 12.2. The largest absolute Gasteiger partial charge is 0.488 e. The van der Waals surface area contributed by atoms with E-state index in [9.17, 15) is 25.1 Å². The van der Waals surface area contributed by atoms with Gasteiger partial charge in [0.1, 0.15) is 67.6 Å². The maximum atomic E-state index is 12.0. The minimum absolute atomic E-state index is 0.0960. The molecule has 16 heteroatoms. The smallest absolute Gasteiger partial charge is 0.320 e. The molecule has 0 bridgehead atoms. The van der Waals surface area contributed by atoms with Gasteiger partial charge in [0, 0.05) is 91.1 Å². The second-order valence-electron chi connectivity index (χ2n) is 17.7. The third-order valence-corrected chi connectivity index (χ3v) is 12.5. The van der Waals surface area contributed by atoms with Crippen LogP contribution in [0.3, 0.4) is 0 Å². The monoisotopic (exact) mass is 1000 g/mol. The van der Waals surface area contributed by atoms with Crippen LogP contribution in [0.25, 0.3) is 11.1 Å². The van der Waals surface area contributed by atoms with Gasteiger partial charge in [0.2, 0.25) is 0 Å². The van der Waals surface area contributed by atoms with E-state index in [2.05, 4.69) is 43.8 Å². The Morgan fingerprint density at radius 1 is 0.648 bits per heavy atom. The van der Waals surface area contributed by atoms with Crippen molar-refractivity contribution in [3.8, 4) is 40.2 Å². The van der Waals surface area contributed by atoms with Gasteiger partial charge in [-0.05, 0) is 83.3 Å². The van der Waals surface area contributed by atoms with Crippen molar-refractivity contribution in [1.82, 2.24) is 20.6 Å². The number of rotatable bonds is 24. The van der Waals surface area contributed by atoms with Crippen LogP contribution in [0.5, 0.6) is 23.0 Å². The Hall–Kier alpha value is -7.02. The Morgan fingerprint density at radius 2 is 1.10 bits per heavy atom. The van der Waals surface area contributed by atoms with Gasteiger partial charge in [0.05, 0.1) is 15.6 Å². The lowest BCUT2D eigenvalue weighted by Crippen LogP contribution is -2.40. The summed E-state index contributed by atoms with van der Waals surface area (Å²) >= 11 is 13.7. The number of aliphatic carboxylic acids is 2. The van der Waals surface area contributed by atoms with Crippen molar-refractivity contribution in [3.63, 3.8) is 0 Å². The molecule has 4 N–H and O–H groups in total. The Balaban J connectivity index is 1.21. The number of pyridine rings is 2. The van der Waals surface area contributed by atoms with Crippen molar-refractivity contribution >= 4 is 41.4 Å². The second kappa shape index (κ2) is 25.2. The Kier molecular flexibility index (Phi) is 18.9. The first-order valence-electron chi connectivity index (χ1n) is 23.0. The molecule has 2 heterocycles. The van der Waals surface area contributed by atoms with E-state index < -0.39 is 24.0 Å². The summed E-state index contributed by atoms with van der Waals surface area (Å²) < 4.78 is 25.4. The predicted octanol–water partition coefficient (Wildman–Crippen LogP) is 10.7. The van der Waals surface area contributed by atoms with E-state index >= 15 is 0 Å². The molecule has 2 atom stereocenters. The van der Waals surface area contributed by atoms with Crippen LogP contribution in [0.15, 0.2) is 103 Å². The molecule has 6 rings (SSSR count). The van der Waals surface area contributed by atoms with Crippen molar-refractivity contribution in [1.29, 1.82) is 5.26 Å². The van der Waals surface area contributed by atoms with Gasteiger partial charge in [0.25, 0.3) is 0 Å². The molecule has 0 saturated carbocycles. The van der Waals surface area contributed by atoms with Gasteiger partial charge in [0.15, 0.2) is 0 Å². The second-order valence-corrected chi connectivity index (χ2v) is 18.5. The molecule has 0 aliphatic heterocycles. The van der Waals surface area contributed by atoms with Crippen molar-refractivity contribution in [2.24, 2.45) is 16.8 Å². The van der Waals surface area contributed by atoms with Crippen LogP contribution in [-0.2, 0) is 49.1 Å². The third-order valence-electron chi connectivity index (χ3n) is 11.9. The third kappa shape index (κ3) is 14.3. The average molecular weight is 1000 g/mol. The lowest BCUT2D eigenvalue weighted by atomic mass is 9.92. The van der Waals surface area contributed by atoms with Gasteiger partial charge in [-0.1, -0.05) is 87.3 Å². The number of hydrogen-bond donors (Lipinski definition) is 4. The number of hydrogen-bond acceptors (Lipinski definition) is 12. The highest BCUT2D eigenvalue weighted by Gasteiger charge is 2.24. The van der Waals surface area contributed by atoms with Gasteiger partial charge < -0.3 is 29.2 Å². The number of benzene rings is 4. The molecule has 2 aromatic heterocycles. The van der Waals surface area contributed by atoms with E-state index in [0.717, 1.165) is 44.5 Å². The van der Waals surface area contributed by atoms with E-state index in [4.69, 9.17) is 42.1 Å². The first kappa shape index (κ1) is 53.3. The van der Waals surface area contributed by atoms with E-state index in [1.54, 1.807) is 62.2 Å². The van der Waals surface area contributed by atoms with E-state index in [0.29, 0.717) is 55.3 Å². The summed E-state index contributed by atoms with van der Waals surface area (Å²) in [6.45, 7) is 12.4. The minimum Gasteiger partial charge on any atom is -0.488 e. The van der Waals surface area contributed by atoms with Gasteiger partial charge in [-0.3, -0.25) is 35.2 Å². The van der Waals surface area contributed by atoms with Crippen molar-refractivity contribution in [2.45, 2.75) is 93.1 Å². The number of halogens is 2. The molecule has 0 saturated heterocycles. The first-order valence-corrected chi connectivity index (χ1v) is 23.8. The fourth-order valence-electron chi connectivity index (χ4n) is 7.90. The standard InChI is InChI=1S/C55H58Cl2N6O8/c1-32(2)52(54(64)65)62-26-42-16-46(56)50(18-48(42)68-28-38-14-36(20-58)22-60-24-38)70-30-40-10-8-12-44(34(40)5)45-13-9-11-41(35(45)6)31-71-51-19-49(69-29-39-15-37(21-59-7)23-61-25-39)43(17-47(51)57)27-63-53(33(3)4)55(66)67/h8-19,21-25,32-33,52-53,62-63H,26-31H2,1-7H3,(H,64,65)(H,66,67)/b59-21+. The van der Waals surface area contributed by atoms with Gasteiger partial charge in [-0.15, -0.1) is 0 Å². The lowest BCUT2D eigenvalue weighted by Gasteiger charge is -2.21. The molecule has 6 aromatic rings. The molecule has 0 aliphatic rings. The maximum Gasteiger partial charge on any atom is 0.320 e. The lowest BCUT2D eigenvalue weighted by molar-refractivity contribution is -0.141.